The molecule has 2 aliphatic rings. The molecule has 2 aromatic rings. The zero-order valence-corrected chi connectivity index (χ0v) is 17.7. The molecule has 0 aliphatic heterocycles. The minimum atomic E-state index is -0.765. The number of nitriles is 1. The van der Waals surface area contributed by atoms with E-state index in [0.717, 1.165) is 41.5 Å². The zero-order chi connectivity index (χ0) is 21.3. The van der Waals surface area contributed by atoms with Gasteiger partial charge in [-0.1, -0.05) is 12.5 Å². The molecule has 0 heterocycles. The Hall–Kier alpha value is -3.00. The fourth-order valence-electron chi connectivity index (χ4n) is 4.29. The highest BCUT2D eigenvalue weighted by atomic mass is 16.4. The number of nitrogens with one attached hydrogen (secondary N) is 1. The van der Waals surface area contributed by atoms with Gasteiger partial charge in [0.25, 0.3) is 0 Å². The highest BCUT2D eigenvalue weighted by molar-refractivity contribution is 5.85. The average molecular weight is 404 g/mol. The summed E-state index contributed by atoms with van der Waals surface area (Å²) in [6.45, 7) is 5.42. The maximum absolute atomic E-state index is 12.1. The minimum absolute atomic E-state index is 0.343. The number of carboxylic acid groups (broad SMARTS) is 1. The largest absolute Gasteiger partial charge is 0.481 e. The molecule has 156 valence electrons. The van der Waals surface area contributed by atoms with Crippen LogP contribution < -0.4 is 10.2 Å². The van der Waals surface area contributed by atoms with E-state index in [1.54, 1.807) is 12.1 Å². The van der Waals surface area contributed by atoms with Crippen LogP contribution in [0.4, 0.5) is 17.1 Å². The van der Waals surface area contributed by atoms with Crippen molar-refractivity contribution < 1.29 is 9.90 Å². The number of nitrogens with zero attached hydrogens (tertiary/aromatic N) is 2. The first-order valence-electron chi connectivity index (χ1n) is 10.8. The molecule has 5 heteroatoms. The van der Waals surface area contributed by atoms with Crippen LogP contribution in [0.5, 0.6) is 0 Å². The molecule has 0 unspecified atom stereocenters. The van der Waals surface area contributed by atoms with Gasteiger partial charge in [0.2, 0.25) is 0 Å². The van der Waals surface area contributed by atoms with E-state index in [-0.39, 0.29) is 0 Å². The molecule has 0 radical (unpaired) electrons. The smallest absolute Gasteiger partial charge is 0.314 e. The summed E-state index contributed by atoms with van der Waals surface area (Å²) in [5, 5.41) is 22.5. The molecule has 4 rings (SSSR count). The van der Waals surface area contributed by atoms with Crippen LogP contribution in [0.15, 0.2) is 42.5 Å². The van der Waals surface area contributed by atoms with Crippen molar-refractivity contribution in [1.29, 1.82) is 5.26 Å². The van der Waals surface area contributed by atoms with Crippen LogP contribution in [0.1, 0.15) is 57.1 Å². The molecule has 30 heavy (non-hydrogen) atoms. The molecular weight excluding hydrogens is 374 g/mol. The number of hydrogen-bond donors (Lipinski definition) is 2. The van der Waals surface area contributed by atoms with Crippen molar-refractivity contribution >= 4 is 23.0 Å². The summed E-state index contributed by atoms with van der Waals surface area (Å²) < 4.78 is 0. The number of aliphatic carboxylic acids is 1. The Labute approximate surface area is 178 Å². The lowest BCUT2D eigenvalue weighted by atomic mass is 9.64. The lowest BCUT2D eigenvalue weighted by Gasteiger charge is -2.39. The number of carboxylic acids is 1. The molecule has 2 aromatic carbocycles. The molecule has 0 amide bonds. The predicted molar refractivity (Wildman–Crippen MR) is 119 cm³/mol. The van der Waals surface area contributed by atoms with E-state index < -0.39 is 11.4 Å². The topological polar surface area (TPSA) is 76.4 Å². The van der Waals surface area contributed by atoms with Crippen molar-refractivity contribution in [2.24, 2.45) is 5.92 Å². The summed E-state index contributed by atoms with van der Waals surface area (Å²) in [6.07, 6.45) is 4.89. The molecule has 2 aliphatic carbocycles. The summed E-state index contributed by atoms with van der Waals surface area (Å²) in [7, 11) is 0. The van der Waals surface area contributed by atoms with E-state index in [0.29, 0.717) is 24.4 Å². The number of carbonyl (C=O) groups is 1. The van der Waals surface area contributed by atoms with Gasteiger partial charge >= 0.3 is 5.97 Å². The van der Waals surface area contributed by atoms with Crippen LogP contribution in [-0.2, 0) is 10.2 Å². The monoisotopic (exact) mass is 403 g/mol. The minimum Gasteiger partial charge on any atom is -0.481 e. The van der Waals surface area contributed by atoms with E-state index in [9.17, 15) is 9.90 Å². The third-order valence-corrected chi connectivity index (χ3v) is 6.54. The summed E-state index contributed by atoms with van der Waals surface area (Å²) in [4.78, 5) is 14.5. The normalized spacial score (nSPS) is 17.1. The molecule has 0 saturated heterocycles. The van der Waals surface area contributed by atoms with Gasteiger partial charge in [-0.15, -0.1) is 0 Å². The standard InChI is InChI=1S/C25H29N3O2/c1-17(2)28(16-19-4-5-19)23-11-8-20(25(24(29)30)12-3-13-25)14-22(23)27-21-9-6-18(15-26)7-10-21/h6-11,14,17,19,27H,3-5,12-13,16H2,1-2H3,(H,29,30). The van der Waals surface area contributed by atoms with Crippen molar-refractivity contribution in [3.05, 3.63) is 53.6 Å². The SMILES string of the molecule is CC(C)N(CC1CC1)c1ccc(C2(C(=O)O)CCC2)cc1Nc1ccc(C#N)cc1. The van der Waals surface area contributed by atoms with E-state index >= 15 is 0 Å². The Kier molecular flexibility index (Phi) is 5.42. The highest BCUT2D eigenvalue weighted by Crippen LogP contribution is 2.46. The van der Waals surface area contributed by atoms with Gasteiger partial charge in [-0.2, -0.15) is 5.26 Å². The molecular formula is C25H29N3O2. The Morgan fingerprint density at radius 2 is 1.93 bits per heavy atom. The van der Waals surface area contributed by atoms with Crippen molar-refractivity contribution in [1.82, 2.24) is 0 Å². The quantitative estimate of drug-likeness (QED) is 0.614. The molecule has 0 atom stereocenters. The highest BCUT2D eigenvalue weighted by Gasteiger charge is 2.46. The second-order valence-corrected chi connectivity index (χ2v) is 8.98. The van der Waals surface area contributed by atoms with Crippen LogP contribution in [0, 0.1) is 17.2 Å². The molecule has 0 bridgehead atoms. The van der Waals surface area contributed by atoms with Crippen LogP contribution in [0.3, 0.4) is 0 Å². The van der Waals surface area contributed by atoms with Crippen LogP contribution in [-0.4, -0.2) is 23.7 Å². The lowest BCUT2D eigenvalue weighted by Crippen LogP contribution is -2.42. The Morgan fingerprint density at radius 1 is 1.23 bits per heavy atom. The second kappa shape index (κ2) is 8.02. The van der Waals surface area contributed by atoms with Gasteiger partial charge in [0.15, 0.2) is 0 Å². The first kappa shape index (κ1) is 20.3. The summed E-state index contributed by atoms with van der Waals surface area (Å²) in [6, 6.07) is 16.0. The van der Waals surface area contributed by atoms with Crippen molar-refractivity contribution in [2.75, 3.05) is 16.8 Å². The van der Waals surface area contributed by atoms with Crippen LogP contribution in [0.25, 0.3) is 0 Å². The number of anilines is 3. The maximum atomic E-state index is 12.1. The van der Waals surface area contributed by atoms with Crippen molar-refractivity contribution in [3.8, 4) is 6.07 Å². The lowest BCUT2D eigenvalue weighted by molar-refractivity contribution is -0.147. The average Bonchev–Trinajstić information content (AvgIpc) is 3.50. The number of rotatable bonds is 8. The molecule has 2 N–H and O–H groups in total. The van der Waals surface area contributed by atoms with Gasteiger partial charge in [0.05, 0.1) is 28.4 Å². The molecule has 5 nitrogen and oxygen atoms in total. The molecule has 0 aromatic heterocycles. The summed E-state index contributed by atoms with van der Waals surface area (Å²) in [5.41, 5.74) is 3.64. The van der Waals surface area contributed by atoms with E-state index in [2.05, 4.69) is 36.2 Å². The Bertz CT molecular complexity index is 967. The molecule has 2 fully saturated rings. The predicted octanol–water partition coefficient (Wildman–Crippen LogP) is 5.43. The Balaban J connectivity index is 1.74. The van der Waals surface area contributed by atoms with Crippen LogP contribution in [0.2, 0.25) is 0 Å². The van der Waals surface area contributed by atoms with Crippen molar-refractivity contribution in [3.63, 3.8) is 0 Å². The fourth-order valence-corrected chi connectivity index (χ4v) is 4.29. The van der Waals surface area contributed by atoms with Gasteiger partial charge < -0.3 is 15.3 Å². The van der Waals surface area contributed by atoms with E-state index in [1.807, 2.05) is 24.3 Å². The fraction of sp³-hybridized carbons (Fsp3) is 0.440. The van der Waals surface area contributed by atoms with E-state index in [1.165, 1.54) is 12.8 Å². The van der Waals surface area contributed by atoms with Crippen LogP contribution >= 0.6 is 0 Å². The Morgan fingerprint density at radius 3 is 2.43 bits per heavy atom. The third-order valence-electron chi connectivity index (χ3n) is 6.54. The zero-order valence-electron chi connectivity index (χ0n) is 17.7. The third kappa shape index (κ3) is 3.87. The van der Waals surface area contributed by atoms with Gasteiger partial charge in [0, 0.05) is 18.3 Å². The summed E-state index contributed by atoms with van der Waals surface area (Å²) in [5.74, 6) is 0.0105. The molecule has 2 saturated carbocycles. The first-order valence-corrected chi connectivity index (χ1v) is 10.8. The van der Waals surface area contributed by atoms with Gasteiger partial charge in [-0.05, 0) is 87.4 Å². The maximum Gasteiger partial charge on any atom is 0.314 e. The second-order valence-electron chi connectivity index (χ2n) is 8.98. The van der Waals surface area contributed by atoms with Gasteiger partial charge in [0.1, 0.15) is 0 Å². The molecule has 0 spiro atoms. The first-order chi connectivity index (χ1) is 14.4. The number of hydrogen-bond acceptors (Lipinski definition) is 4. The van der Waals surface area contributed by atoms with Gasteiger partial charge in [-0.25, -0.2) is 0 Å². The van der Waals surface area contributed by atoms with Gasteiger partial charge in [-0.3, -0.25) is 4.79 Å². The van der Waals surface area contributed by atoms with E-state index in [4.69, 9.17) is 5.26 Å². The number of benzene rings is 2. The summed E-state index contributed by atoms with van der Waals surface area (Å²) >= 11 is 0. The van der Waals surface area contributed by atoms with Crippen molar-refractivity contribution in [2.45, 2.75) is 57.4 Å².